The number of nitrogens with zero attached hydrogens (tertiary/aromatic N) is 1. The lowest BCUT2D eigenvalue weighted by Gasteiger charge is -2.29. The highest BCUT2D eigenvalue weighted by Gasteiger charge is 2.22. The van der Waals surface area contributed by atoms with Crippen LogP contribution >= 0.6 is 15.9 Å². The molecule has 0 atom stereocenters. The predicted molar refractivity (Wildman–Crippen MR) is 103 cm³/mol. The molecular formula is C20H22BrNO3. The molecule has 0 aliphatic carbocycles. The van der Waals surface area contributed by atoms with E-state index in [2.05, 4.69) is 22.0 Å². The number of carbonyl (C=O) groups is 1. The first-order chi connectivity index (χ1) is 12.1. The molecule has 0 aromatic heterocycles. The Balaban J connectivity index is 1.70. The average Bonchev–Trinajstić information content (AvgIpc) is 2.65. The zero-order valence-corrected chi connectivity index (χ0v) is 16.1. The van der Waals surface area contributed by atoms with E-state index in [1.165, 1.54) is 5.56 Å². The van der Waals surface area contributed by atoms with Crippen molar-refractivity contribution >= 4 is 27.5 Å². The molecular weight excluding hydrogens is 382 g/mol. The van der Waals surface area contributed by atoms with E-state index >= 15 is 0 Å². The Kier molecular flexibility index (Phi) is 5.63. The molecule has 1 aliphatic rings. The number of anilines is 1. The van der Waals surface area contributed by atoms with Crippen molar-refractivity contribution in [2.45, 2.75) is 25.7 Å². The van der Waals surface area contributed by atoms with Gasteiger partial charge in [0.2, 0.25) is 5.91 Å². The van der Waals surface area contributed by atoms with Gasteiger partial charge in [-0.25, -0.2) is 0 Å². The number of hydrogen-bond donors (Lipinski definition) is 0. The summed E-state index contributed by atoms with van der Waals surface area (Å²) in [6, 6.07) is 11.9. The summed E-state index contributed by atoms with van der Waals surface area (Å²) in [6.45, 7) is 0.791. The molecule has 0 fully saturated rings. The zero-order chi connectivity index (χ0) is 17.8. The molecule has 0 N–H and O–H groups in total. The number of ether oxygens (including phenoxy) is 2. The number of aryl methyl sites for hydroxylation is 2. The molecule has 0 bridgehead atoms. The van der Waals surface area contributed by atoms with Crippen LogP contribution in [0.3, 0.4) is 0 Å². The highest BCUT2D eigenvalue weighted by molar-refractivity contribution is 9.10. The Morgan fingerprint density at radius 1 is 1.12 bits per heavy atom. The van der Waals surface area contributed by atoms with Crippen LogP contribution in [-0.4, -0.2) is 26.7 Å². The molecule has 0 radical (unpaired) electrons. The lowest BCUT2D eigenvalue weighted by molar-refractivity contribution is -0.118. The van der Waals surface area contributed by atoms with Gasteiger partial charge in [0.25, 0.3) is 0 Å². The number of rotatable bonds is 5. The van der Waals surface area contributed by atoms with Crippen molar-refractivity contribution in [3.05, 3.63) is 52.0 Å². The van der Waals surface area contributed by atoms with Crippen LogP contribution in [0.4, 0.5) is 5.69 Å². The number of carbonyl (C=O) groups excluding carboxylic acids is 1. The summed E-state index contributed by atoms with van der Waals surface area (Å²) in [5.74, 6) is 1.56. The van der Waals surface area contributed by atoms with Crippen LogP contribution < -0.4 is 14.4 Å². The summed E-state index contributed by atoms with van der Waals surface area (Å²) in [4.78, 5) is 14.7. The molecule has 2 aromatic rings. The fourth-order valence-electron chi connectivity index (χ4n) is 3.25. The summed E-state index contributed by atoms with van der Waals surface area (Å²) < 4.78 is 11.7. The molecule has 2 aromatic carbocycles. The van der Waals surface area contributed by atoms with Crippen LogP contribution in [0.1, 0.15) is 24.0 Å². The number of halogens is 1. The summed E-state index contributed by atoms with van der Waals surface area (Å²) in [7, 11) is 3.24. The van der Waals surface area contributed by atoms with E-state index in [0.717, 1.165) is 35.1 Å². The quantitative estimate of drug-likeness (QED) is 0.743. The van der Waals surface area contributed by atoms with Crippen LogP contribution in [0.25, 0.3) is 0 Å². The third-order valence-corrected chi connectivity index (χ3v) is 5.03. The van der Waals surface area contributed by atoms with Crippen LogP contribution in [0, 0.1) is 0 Å². The summed E-state index contributed by atoms with van der Waals surface area (Å²) in [5, 5.41) is 0. The molecule has 0 spiro atoms. The fourth-order valence-corrected chi connectivity index (χ4v) is 3.66. The third kappa shape index (κ3) is 3.98. The van der Waals surface area contributed by atoms with Gasteiger partial charge in [-0.3, -0.25) is 4.79 Å². The number of hydrogen-bond acceptors (Lipinski definition) is 3. The first kappa shape index (κ1) is 17.8. The molecule has 25 heavy (non-hydrogen) atoms. The van der Waals surface area contributed by atoms with E-state index in [1.54, 1.807) is 14.2 Å². The van der Waals surface area contributed by atoms with Gasteiger partial charge in [-0.1, -0.05) is 22.0 Å². The summed E-state index contributed by atoms with van der Waals surface area (Å²) in [6.07, 6.45) is 3.19. The molecule has 0 unspecified atom stereocenters. The molecule has 1 heterocycles. The van der Waals surface area contributed by atoms with E-state index in [1.807, 2.05) is 35.2 Å². The Morgan fingerprint density at radius 3 is 2.68 bits per heavy atom. The second-order valence-electron chi connectivity index (χ2n) is 6.11. The molecule has 3 rings (SSSR count). The van der Waals surface area contributed by atoms with E-state index < -0.39 is 0 Å². The lowest BCUT2D eigenvalue weighted by atomic mass is 10.0. The van der Waals surface area contributed by atoms with Crippen molar-refractivity contribution in [1.82, 2.24) is 0 Å². The topological polar surface area (TPSA) is 38.8 Å². The number of amides is 1. The maximum Gasteiger partial charge on any atom is 0.227 e. The fraction of sp³-hybridized carbons (Fsp3) is 0.350. The highest BCUT2D eigenvalue weighted by atomic mass is 79.9. The molecule has 0 saturated heterocycles. The van der Waals surface area contributed by atoms with Gasteiger partial charge in [0.05, 0.1) is 14.2 Å². The van der Waals surface area contributed by atoms with Crippen molar-refractivity contribution in [2.24, 2.45) is 0 Å². The van der Waals surface area contributed by atoms with Gasteiger partial charge in [0.1, 0.15) is 0 Å². The molecule has 1 aliphatic heterocycles. The van der Waals surface area contributed by atoms with E-state index in [0.29, 0.717) is 24.3 Å². The average molecular weight is 404 g/mol. The minimum absolute atomic E-state index is 0.165. The highest BCUT2D eigenvalue weighted by Crippen LogP contribution is 2.31. The summed E-state index contributed by atoms with van der Waals surface area (Å²) >= 11 is 3.51. The van der Waals surface area contributed by atoms with Crippen LogP contribution in [0.15, 0.2) is 40.9 Å². The van der Waals surface area contributed by atoms with E-state index in [9.17, 15) is 4.79 Å². The van der Waals surface area contributed by atoms with Crippen molar-refractivity contribution < 1.29 is 14.3 Å². The summed E-state index contributed by atoms with van der Waals surface area (Å²) in [5.41, 5.74) is 3.35. The first-order valence-corrected chi connectivity index (χ1v) is 9.21. The van der Waals surface area contributed by atoms with Gasteiger partial charge in [-0.05, 0) is 60.7 Å². The van der Waals surface area contributed by atoms with E-state index in [4.69, 9.17) is 9.47 Å². The molecule has 1 amide bonds. The van der Waals surface area contributed by atoms with Gasteiger partial charge >= 0.3 is 0 Å². The monoisotopic (exact) mass is 403 g/mol. The number of methoxy groups -OCH3 is 2. The van der Waals surface area contributed by atoms with E-state index in [-0.39, 0.29) is 5.91 Å². The van der Waals surface area contributed by atoms with Gasteiger partial charge in [-0.15, -0.1) is 0 Å². The van der Waals surface area contributed by atoms with Crippen molar-refractivity contribution in [3.8, 4) is 11.5 Å². The molecule has 5 heteroatoms. The zero-order valence-electron chi connectivity index (χ0n) is 14.5. The van der Waals surface area contributed by atoms with Gasteiger partial charge in [-0.2, -0.15) is 0 Å². The largest absolute Gasteiger partial charge is 0.493 e. The second kappa shape index (κ2) is 7.91. The number of benzene rings is 2. The number of fused-ring (bicyclic) bond motifs is 1. The van der Waals surface area contributed by atoms with Crippen molar-refractivity contribution in [2.75, 3.05) is 25.7 Å². The maximum absolute atomic E-state index is 12.8. The SMILES string of the molecule is COc1ccc(CCC(=O)N2CCCc3cc(Br)ccc32)cc1OC. The predicted octanol–water partition coefficient (Wildman–Crippen LogP) is 4.38. The van der Waals surface area contributed by atoms with Crippen LogP contribution in [0.5, 0.6) is 11.5 Å². The Morgan fingerprint density at radius 2 is 1.92 bits per heavy atom. The molecule has 132 valence electrons. The van der Waals surface area contributed by atoms with Gasteiger partial charge < -0.3 is 14.4 Å². The minimum atomic E-state index is 0.165. The molecule has 0 saturated carbocycles. The Labute approximate surface area is 156 Å². The Bertz CT molecular complexity index is 776. The molecule has 4 nitrogen and oxygen atoms in total. The van der Waals surface area contributed by atoms with Crippen molar-refractivity contribution in [3.63, 3.8) is 0 Å². The first-order valence-electron chi connectivity index (χ1n) is 8.42. The Hall–Kier alpha value is -2.01. The maximum atomic E-state index is 12.8. The minimum Gasteiger partial charge on any atom is -0.493 e. The van der Waals surface area contributed by atoms with Gasteiger partial charge in [0.15, 0.2) is 11.5 Å². The smallest absolute Gasteiger partial charge is 0.227 e. The van der Waals surface area contributed by atoms with Crippen LogP contribution in [-0.2, 0) is 17.6 Å². The second-order valence-corrected chi connectivity index (χ2v) is 7.03. The normalized spacial score (nSPS) is 13.3. The van der Waals surface area contributed by atoms with Crippen LogP contribution in [0.2, 0.25) is 0 Å². The van der Waals surface area contributed by atoms with Gasteiger partial charge in [0, 0.05) is 23.1 Å². The van der Waals surface area contributed by atoms with Crippen molar-refractivity contribution in [1.29, 1.82) is 0 Å². The standard InChI is InChI=1S/C20H22BrNO3/c1-24-18-9-5-14(12-19(18)25-2)6-10-20(23)22-11-3-4-15-13-16(21)7-8-17(15)22/h5,7-9,12-13H,3-4,6,10-11H2,1-2H3. The third-order valence-electron chi connectivity index (χ3n) is 4.54. The lowest BCUT2D eigenvalue weighted by Crippen LogP contribution is -2.35.